The Morgan fingerprint density at radius 1 is 1.43 bits per heavy atom. The molecule has 7 nitrogen and oxygen atoms in total. The summed E-state index contributed by atoms with van der Waals surface area (Å²) in [5.41, 5.74) is -0.746. The van der Waals surface area contributed by atoms with Gasteiger partial charge in [-0.15, -0.1) is 5.10 Å². The van der Waals surface area contributed by atoms with Gasteiger partial charge in [0.15, 0.2) is 0 Å². The number of H-pyrrole nitrogens is 1. The van der Waals surface area contributed by atoms with E-state index < -0.39 is 23.3 Å². The smallest absolute Gasteiger partial charge is 0.340 e. The first kappa shape index (κ1) is 14.6. The van der Waals surface area contributed by atoms with Gasteiger partial charge in [-0.05, 0) is 18.6 Å². The first-order valence-corrected chi connectivity index (χ1v) is 6.27. The van der Waals surface area contributed by atoms with Crippen LogP contribution in [0.1, 0.15) is 40.1 Å². The van der Waals surface area contributed by atoms with Gasteiger partial charge in [0.05, 0.1) is 5.69 Å². The van der Waals surface area contributed by atoms with Crippen LogP contribution in [0.15, 0.2) is 18.2 Å². The predicted octanol–water partition coefficient (Wildman–Crippen LogP) is 1.85. The average molecular weight is 292 g/mol. The molecular weight excluding hydrogens is 279 g/mol. The first-order valence-electron chi connectivity index (χ1n) is 6.27. The molecule has 0 radical (unpaired) electrons. The summed E-state index contributed by atoms with van der Waals surface area (Å²) in [6.07, 6.45) is 1.48. The largest absolute Gasteiger partial charge is 0.478 e. The van der Waals surface area contributed by atoms with Crippen LogP contribution in [-0.4, -0.2) is 32.2 Å². The van der Waals surface area contributed by atoms with E-state index in [4.69, 9.17) is 5.11 Å². The van der Waals surface area contributed by atoms with Crippen LogP contribution in [-0.2, 0) is 6.42 Å². The van der Waals surface area contributed by atoms with Gasteiger partial charge in [0.25, 0.3) is 5.91 Å². The zero-order valence-electron chi connectivity index (χ0n) is 11.2. The number of aromatic amines is 1. The maximum absolute atomic E-state index is 13.5. The highest BCUT2D eigenvalue weighted by molar-refractivity contribution is 6.05. The molecular formula is C13H13FN4O3. The van der Waals surface area contributed by atoms with Crippen LogP contribution in [0.3, 0.4) is 0 Å². The van der Waals surface area contributed by atoms with E-state index in [2.05, 4.69) is 20.5 Å². The van der Waals surface area contributed by atoms with Crippen molar-refractivity contribution >= 4 is 17.6 Å². The lowest BCUT2D eigenvalue weighted by Crippen LogP contribution is -2.17. The number of carbonyl (C=O) groups is 2. The number of nitrogens with one attached hydrogen (secondary N) is 2. The first-order chi connectivity index (χ1) is 10.0. The summed E-state index contributed by atoms with van der Waals surface area (Å²) >= 11 is 0. The van der Waals surface area contributed by atoms with Crippen LogP contribution in [0, 0.1) is 5.82 Å². The molecule has 1 amide bonds. The van der Waals surface area contributed by atoms with Gasteiger partial charge in [0.1, 0.15) is 17.2 Å². The quantitative estimate of drug-likeness (QED) is 0.779. The molecule has 0 aliphatic heterocycles. The molecule has 0 saturated carbocycles. The lowest BCUT2D eigenvalue weighted by Gasteiger charge is -2.07. The molecule has 1 heterocycles. The molecule has 1 aromatic carbocycles. The van der Waals surface area contributed by atoms with E-state index in [1.54, 1.807) is 0 Å². The number of halogens is 1. The number of hydrogen-bond acceptors (Lipinski definition) is 4. The Kier molecular flexibility index (Phi) is 4.27. The van der Waals surface area contributed by atoms with Gasteiger partial charge in [-0.3, -0.25) is 9.89 Å². The summed E-state index contributed by atoms with van der Waals surface area (Å²) in [6.45, 7) is 1.95. The SMILES string of the molecule is CCCc1nc(C(=O)Nc2cccc(F)c2C(=O)O)n[nH]1. The molecule has 0 aliphatic rings. The highest BCUT2D eigenvalue weighted by Gasteiger charge is 2.19. The Morgan fingerprint density at radius 3 is 2.86 bits per heavy atom. The zero-order chi connectivity index (χ0) is 15.4. The van der Waals surface area contributed by atoms with Crippen molar-refractivity contribution < 1.29 is 19.1 Å². The standard InChI is InChI=1S/C13H13FN4O3/c1-2-4-9-16-11(18-17-9)12(19)15-8-6-3-5-7(14)10(8)13(20)21/h3,5-6H,2,4H2,1H3,(H,15,19)(H,20,21)(H,16,17,18). The third-order valence-electron chi connectivity index (χ3n) is 2.70. The van der Waals surface area contributed by atoms with E-state index in [0.717, 1.165) is 12.5 Å². The summed E-state index contributed by atoms with van der Waals surface area (Å²) in [5, 5.41) is 17.6. The number of aryl methyl sites for hydroxylation is 1. The summed E-state index contributed by atoms with van der Waals surface area (Å²) < 4.78 is 13.5. The maximum Gasteiger partial charge on any atom is 0.340 e. The topological polar surface area (TPSA) is 108 Å². The number of anilines is 1. The summed E-state index contributed by atoms with van der Waals surface area (Å²) in [5.74, 6) is -2.67. The monoisotopic (exact) mass is 292 g/mol. The average Bonchev–Trinajstić information content (AvgIpc) is 2.87. The summed E-state index contributed by atoms with van der Waals surface area (Å²) in [4.78, 5) is 26.9. The minimum atomic E-state index is -1.47. The van der Waals surface area contributed by atoms with Gasteiger partial charge in [-0.25, -0.2) is 14.2 Å². The Balaban J connectivity index is 2.23. The van der Waals surface area contributed by atoms with E-state index in [1.807, 2.05) is 6.92 Å². The minimum absolute atomic E-state index is 0.126. The van der Waals surface area contributed by atoms with Crippen molar-refractivity contribution in [3.05, 3.63) is 41.2 Å². The van der Waals surface area contributed by atoms with Crippen LogP contribution < -0.4 is 5.32 Å². The second-order valence-electron chi connectivity index (χ2n) is 4.28. The van der Waals surface area contributed by atoms with Gasteiger partial charge >= 0.3 is 5.97 Å². The highest BCUT2D eigenvalue weighted by Crippen LogP contribution is 2.19. The van der Waals surface area contributed by atoms with Crippen LogP contribution in [0.2, 0.25) is 0 Å². The molecule has 2 aromatic rings. The third-order valence-corrected chi connectivity index (χ3v) is 2.70. The third kappa shape index (κ3) is 3.22. The number of aromatic carboxylic acids is 1. The zero-order valence-corrected chi connectivity index (χ0v) is 11.2. The second-order valence-corrected chi connectivity index (χ2v) is 4.28. The molecule has 0 atom stereocenters. The van der Waals surface area contributed by atoms with Crippen molar-refractivity contribution in [3.8, 4) is 0 Å². The number of carboxylic acids is 1. The lowest BCUT2D eigenvalue weighted by atomic mass is 10.1. The molecule has 0 aliphatic carbocycles. The number of benzene rings is 1. The van der Waals surface area contributed by atoms with Crippen LogP contribution in [0.4, 0.5) is 10.1 Å². The van der Waals surface area contributed by atoms with Crippen molar-refractivity contribution in [2.75, 3.05) is 5.32 Å². The molecule has 0 fully saturated rings. The van der Waals surface area contributed by atoms with Gasteiger partial charge in [-0.2, -0.15) is 0 Å². The number of carbonyl (C=O) groups excluding carboxylic acids is 1. The fourth-order valence-corrected chi connectivity index (χ4v) is 1.77. The molecule has 0 unspecified atom stereocenters. The molecule has 2 rings (SSSR count). The predicted molar refractivity (Wildman–Crippen MR) is 71.7 cm³/mol. The molecule has 0 saturated heterocycles. The Morgan fingerprint density at radius 2 is 2.19 bits per heavy atom. The molecule has 8 heteroatoms. The van der Waals surface area contributed by atoms with Gasteiger partial charge in [0.2, 0.25) is 5.82 Å². The highest BCUT2D eigenvalue weighted by atomic mass is 19.1. The van der Waals surface area contributed by atoms with Crippen LogP contribution in [0.5, 0.6) is 0 Å². The van der Waals surface area contributed by atoms with E-state index >= 15 is 0 Å². The van der Waals surface area contributed by atoms with Crippen LogP contribution in [0.25, 0.3) is 0 Å². The van der Waals surface area contributed by atoms with E-state index in [9.17, 15) is 14.0 Å². The van der Waals surface area contributed by atoms with Gasteiger partial charge < -0.3 is 10.4 Å². The normalized spacial score (nSPS) is 10.4. The van der Waals surface area contributed by atoms with Crippen LogP contribution >= 0.6 is 0 Å². The lowest BCUT2D eigenvalue weighted by molar-refractivity contribution is 0.0693. The summed E-state index contributed by atoms with van der Waals surface area (Å²) in [7, 11) is 0. The minimum Gasteiger partial charge on any atom is -0.478 e. The molecule has 110 valence electrons. The van der Waals surface area contributed by atoms with E-state index in [-0.39, 0.29) is 11.5 Å². The van der Waals surface area contributed by atoms with E-state index in [0.29, 0.717) is 12.2 Å². The number of aromatic nitrogens is 3. The Labute approximate surface area is 119 Å². The number of amides is 1. The molecule has 3 N–H and O–H groups in total. The Bertz CT molecular complexity index is 684. The van der Waals surface area contributed by atoms with Gasteiger partial charge in [-0.1, -0.05) is 13.0 Å². The molecule has 0 bridgehead atoms. The Hall–Kier alpha value is -2.77. The van der Waals surface area contributed by atoms with Crippen molar-refractivity contribution in [3.63, 3.8) is 0 Å². The number of rotatable bonds is 5. The van der Waals surface area contributed by atoms with E-state index in [1.165, 1.54) is 12.1 Å². The number of carboxylic acid groups (broad SMARTS) is 1. The van der Waals surface area contributed by atoms with Gasteiger partial charge in [0, 0.05) is 6.42 Å². The number of nitrogens with zero attached hydrogens (tertiary/aromatic N) is 2. The maximum atomic E-state index is 13.5. The van der Waals surface area contributed by atoms with Crippen molar-refractivity contribution in [1.29, 1.82) is 0 Å². The molecule has 1 aromatic heterocycles. The van der Waals surface area contributed by atoms with Crippen molar-refractivity contribution in [2.45, 2.75) is 19.8 Å². The second kappa shape index (κ2) is 6.12. The fraction of sp³-hybridized carbons (Fsp3) is 0.231. The number of hydrogen-bond donors (Lipinski definition) is 3. The summed E-state index contributed by atoms with van der Waals surface area (Å²) in [6, 6.07) is 3.60. The van der Waals surface area contributed by atoms with Crippen molar-refractivity contribution in [2.24, 2.45) is 0 Å². The van der Waals surface area contributed by atoms with Crippen molar-refractivity contribution in [1.82, 2.24) is 15.2 Å². The fourth-order valence-electron chi connectivity index (χ4n) is 1.77. The molecule has 0 spiro atoms. The molecule has 21 heavy (non-hydrogen) atoms.